The van der Waals surface area contributed by atoms with E-state index in [0.717, 1.165) is 23.7 Å². The molecule has 0 aromatic heterocycles. The van der Waals surface area contributed by atoms with Crippen molar-refractivity contribution in [1.82, 2.24) is 0 Å². The summed E-state index contributed by atoms with van der Waals surface area (Å²) in [7, 11) is 0. The van der Waals surface area contributed by atoms with Crippen molar-refractivity contribution in [1.29, 1.82) is 0 Å². The summed E-state index contributed by atoms with van der Waals surface area (Å²) in [6, 6.07) is 0. The third kappa shape index (κ3) is 2.28. The topological polar surface area (TPSA) is 46.2 Å². The van der Waals surface area contributed by atoms with Gasteiger partial charge >= 0.3 is 0 Å². The maximum absolute atomic E-state index is 10.5. The van der Waals surface area contributed by atoms with Crippen molar-refractivity contribution in [3.8, 4) is 0 Å². The quantitative estimate of drug-likeness (QED) is 0.766. The Balaban J connectivity index is 1.65. The second kappa shape index (κ2) is 5.71. The Bertz CT molecular complexity index is 483. The van der Waals surface area contributed by atoms with E-state index in [-0.39, 0.29) is 11.0 Å². The van der Waals surface area contributed by atoms with Crippen molar-refractivity contribution in [2.24, 2.45) is 46.2 Å². The van der Waals surface area contributed by atoms with Gasteiger partial charge in [-0.05, 0) is 100 Å². The predicted octanol–water partition coefficient (Wildman–Crippen LogP) is 4.75. The van der Waals surface area contributed by atoms with Gasteiger partial charge in [-0.1, -0.05) is 19.8 Å². The maximum Gasteiger partial charge on any atom is 0.0493 e. The summed E-state index contributed by atoms with van der Waals surface area (Å²) in [5, 5.41) is 10.5. The molecule has 0 bridgehead atoms. The van der Waals surface area contributed by atoms with E-state index >= 15 is 0 Å². The molecule has 138 valence electrons. The molecule has 2 heteroatoms. The Morgan fingerprint density at radius 3 is 2.46 bits per heavy atom. The molecule has 4 aliphatic carbocycles. The molecule has 0 aliphatic heterocycles. The first-order valence-corrected chi connectivity index (χ1v) is 10.7. The number of aliphatic hydroxyl groups is 1. The fourth-order valence-corrected chi connectivity index (χ4v) is 8.53. The van der Waals surface area contributed by atoms with E-state index in [2.05, 4.69) is 20.8 Å². The SMILES string of the molecule is CC(C)(N)[C@H]1CC[C@H]2[C@@H]3CCC4CCCC[C@]4(C)[C@H]3CC[C@]12CO. The van der Waals surface area contributed by atoms with Gasteiger partial charge in [0.25, 0.3) is 0 Å². The van der Waals surface area contributed by atoms with Crippen molar-refractivity contribution in [2.45, 2.75) is 90.5 Å². The first kappa shape index (κ1) is 17.3. The van der Waals surface area contributed by atoms with E-state index in [4.69, 9.17) is 5.73 Å². The Hall–Kier alpha value is -0.0800. The van der Waals surface area contributed by atoms with E-state index in [1.165, 1.54) is 64.2 Å². The smallest absolute Gasteiger partial charge is 0.0493 e. The first-order chi connectivity index (χ1) is 11.3. The van der Waals surface area contributed by atoms with Crippen molar-refractivity contribution in [3.05, 3.63) is 0 Å². The zero-order chi connectivity index (χ0) is 17.2. The summed E-state index contributed by atoms with van der Waals surface area (Å²) in [4.78, 5) is 0. The van der Waals surface area contributed by atoms with Gasteiger partial charge in [-0.25, -0.2) is 0 Å². The molecule has 0 aromatic rings. The summed E-state index contributed by atoms with van der Waals surface area (Å²) >= 11 is 0. The summed E-state index contributed by atoms with van der Waals surface area (Å²) in [6.45, 7) is 7.40. The number of rotatable bonds is 2. The molecule has 2 nitrogen and oxygen atoms in total. The highest BCUT2D eigenvalue weighted by Crippen LogP contribution is 2.68. The van der Waals surface area contributed by atoms with E-state index in [0.29, 0.717) is 17.9 Å². The molecular formula is C22H39NO. The molecule has 4 fully saturated rings. The van der Waals surface area contributed by atoms with E-state index in [1.54, 1.807) is 0 Å². The lowest BCUT2D eigenvalue weighted by Gasteiger charge is -2.61. The van der Waals surface area contributed by atoms with Gasteiger partial charge < -0.3 is 10.8 Å². The van der Waals surface area contributed by atoms with E-state index < -0.39 is 0 Å². The summed E-state index contributed by atoms with van der Waals surface area (Å²) in [5.41, 5.74) is 7.16. The molecule has 4 saturated carbocycles. The predicted molar refractivity (Wildman–Crippen MR) is 99.5 cm³/mol. The molecule has 0 amide bonds. The lowest BCUT2D eigenvalue weighted by atomic mass is 9.44. The molecule has 0 heterocycles. The average Bonchev–Trinajstić information content (AvgIpc) is 2.94. The van der Waals surface area contributed by atoms with Gasteiger partial charge in [0, 0.05) is 17.6 Å². The monoisotopic (exact) mass is 333 g/mol. The van der Waals surface area contributed by atoms with Crippen molar-refractivity contribution in [3.63, 3.8) is 0 Å². The fraction of sp³-hybridized carbons (Fsp3) is 1.00. The van der Waals surface area contributed by atoms with Crippen LogP contribution in [0.2, 0.25) is 0 Å². The minimum atomic E-state index is -0.156. The highest BCUT2D eigenvalue weighted by molar-refractivity contribution is 5.12. The third-order valence-corrected chi connectivity index (χ3v) is 9.49. The lowest BCUT2D eigenvalue weighted by molar-refractivity contribution is -0.133. The van der Waals surface area contributed by atoms with Crippen LogP contribution in [0, 0.1) is 40.4 Å². The van der Waals surface area contributed by atoms with Crippen LogP contribution in [0.1, 0.15) is 85.0 Å². The minimum Gasteiger partial charge on any atom is -0.396 e. The second-order valence-electron chi connectivity index (χ2n) is 10.8. The highest BCUT2D eigenvalue weighted by Gasteiger charge is 2.62. The molecule has 3 N–H and O–H groups in total. The summed E-state index contributed by atoms with van der Waals surface area (Å²) in [5.74, 6) is 3.99. The zero-order valence-electron chi connectivity index (χ0n) is 16.2. The fourth-order valence-electron chi connectivity index (χ4n) is 8.53. The van der Waals surface area contributed by atoms with Gasteiger partial charge in [-0.2, -0.15) is 0 Å². The molecule has 0 radical (unpaired) electrons. The standard InChI is InChI=1S/C22H39NO/c1-20(2,23)19-10-9-18-16-8-7-15-6-4-5-12-21(15,3)17(16)11-13-22(18,19)14-24/h15-19,24H,4-14,23H2,1-3H3/t15?,16-,17+,18+,19-,21+,22-/m1/s1. The summed E-state index contributed by atoms with van der Waals surface area (Å²) < 4.78 is 0. The Morgan fingerprint density at radius 2 is 1.75 bits per heavy atom. The maximum atomic E-state index is 10.5. The van der Waals surface area contributed by atoms with Gasteiger partial charge in [0.1, 0.15) is 0 Å². The number of aliphatic hydroxyl groups excluding tert-OH is 1. The van der Waals surface area contributed by atoms with Crippen LogP contribution in [0.15, 0.2) is 0 Å². The van der Waals surface area contributed by atoms with Crippen LogP contribution in [0.4, 0.5) is 0 Å². The van der Waals surface area contributed by atoms with Gasteiger partial charge in [0.05, 0.1) is 0 Å². The van der Waals surface area contributed by atoms with Gasteiger partial charge in [0.2, 0.25) is 0 Å². The Morgan fingerprint density at radius 1 is 0.958 bits per heavy atom. The summed E-state index contributed by atoms with van der Waals surface area (Å²) in [6.07, 6.45) is 13.9. The third-order valence-electron chi connectivity index (χ3n) is 9.49. The van der Waals surface area contributed by atoms with Crippen LogP contribution in [-0.4, -0.2) is 17.3 Å². The molecule has 0 spiro atoms. The first-order valence-electron chi connectivity index (χ1n) is 10.7. The van der Waals surface area contributed by atoms with Crippen LogP contribution >= 0.6 is 0 Å². The van der Waals surface area contributed by atoms with Crippen LogP contribution in [0.25, 0.3) is 0 Å². The largest absolute Gasteiger partial charge is 0.396 e. The number of hydrogen-bond acceptors (Lipinski definition) is 2. The molecule has 0 aromatic carbocycles. The van der Waals surface area contributed by atoms with E-state index in [9.17, 15) is 5.11 Å². The van der Waals surface area contributed by atoms with Crippen molar-refractivity contribution in [2.75, 3.05) is 6.61 Å². The molecule has 4 aliphatic rings. The van der Waals surface area contributed by atoms with Gasteiger partial charge in [-0.3, -0.25) is 0 Å². The van der Waals surface area contributed by atoms with Crippen molar-refractivity contribution >= 4 is 0 Å². The average molecular weight is 334 g/mol. The normalized spacial score (nSPS) is 51.6. The Kier molecular flexibility index (Phi) is 4.12. The van der Waals surface area contributed by atoms with Crippen LogP contribution in [0.3, 0.4) is 0 Å². The number of hydrogen-bond donors (Lipinski definition) is 2. The van der Waals surface area contributed by atoms with E-state index in [1.807, 2.05) is 0 Å². The highest BCUT2D eigenvalue weighted by atomic mass is 16.3. The minimum absolute atomic E-state index is 0.122. The molecule has 4 rings (SSSR count). The molecule has 1 unspecified atom stereocenters. The van der Waals surface area contributed by atoms with Gasteiger partial charge in [-0.15, -0.1) is 0 Å². The van der Waals surface area contributed by atoms with Gasteiger partial charge in [0.15, 0.2) is 0 Å². The number of nitrogens with two attached hydrogens (primary N) is 1. The molecular weight excluding hydrogens is 294 g/mol. The van der Waals surface area contributed by atoms with Crippen molar-refractivity contribution < 1.29 is 5.11 Å². The number of fused-ring (bicyclic) bond motifs is 5. The lowest BCUT2D eigenvalue weighted by Crippen LogP contribution is -2.57. The molecule has 0 saturated heterocycles. The zero-order valence-corrected chi connectivity index (χ0v) is 16.2. The van der Waals surface area contributed by atoms with Crippen LogP contribution in [-0.2, 0) is 0 Å². The second-order valence-corrected chi connectivity index (χ2v) is 10.8. The Labute approximate surface area is 149 Å². The molecule has 24 heavy (non-hydrogen) atoms. The van der Waals surface area contributed by atoms with Crippen LogP contribution in [0.5, 0.6) is 0 Å². The molecule has 7 atom stereocenters. The van der Waals surface area contributed by atoms with Crippen LogP contribution < -0.4 is 5.73 Å².